The summed E-state index contributed by atoms with van der Waals surface area (Å²) in [6.45, 7) is 0. The van der Waals surface area contributed by atoms with E-state index in [9.17, 15) is 13.2 Å². The monoisotopic (exact) mass is 331 g/mol. The number of halogens is 3. The van der Waals surface area contributed by atoms with Crippen LogP contribution in [0.4, 0.5) is 13.2 Å². The smallest absolute Gasteiger partial charge is 0.135 e. The van der Waals surface area contributed by atoms with Gasteiger partial charge in [0.25, 0.3) is 0 Å². The van der Waals surface area contributed by atoms with E-state index in [1.54, 1.807) is 18.2 Å². The summed E-state index contributed by atoms with van der Waals surface area (Å²) in [5, 5.41) is 0. The van der Waals surface area contributed by atoms with Crippen molar-refractivity contribution in [2.75, 3.05) is 6.26 Å². The zero-order chi connectivity index (χ0) is 16.4. The standard InChI is InChI=1S/C18H12F3NS/c1-23-14-9-17(11-3-2-4-12(19)7-11)22-18(10-14)15-6-5-13(20)8-16(15)21/h2-10H,1H3. The number of pyridine rings is 1. The van der Waals surface area contributed by atoms with Crippen molar-refractivity contribution < 1.29 is 13.2 Å². The summed E-state index contributed by atoms with van der Waals surface area (Å²) in [7, 11) is 0. The molecular formula is C18H12F3NS. The third kappa shape index (κ3) is 3.40. The molecule has 0 aliphatic carbocycles. The molecule has 0 fully saturated rings. The van der Waals surface area contributed by atoms with Crippen LogP contribution in [0.15, 0.2) is 59.5 Å². The van der Waals surface area contributed by atoms with E-state index < -0.39 is 11.6 Å². The van der Waals surface area contributed by atoms with E-state index in [0.29, 0.717) is 17.0 Å². The molecular weight excluding hydrogens is 319 g/mol. The topological polar surface area (TPSA) is 12.9 Å². The van der Waals surface area contributed by atoms with E-state index in [-0.39, 0.29) is 11.4 Å². The Kier molecular flexibility index (Phi) is 4.39. The Morgan fingerprint density at radius 1 is 0.826 bits per heavy atom. The molecule has 2 aromatic carbocycles. The molecule has 0 unspecified atom stereocenters. The van der Waals surface area contributed by atoms with Crippen LogP contribution in [0.5, 0.6) is 0 Å². The van der Waals surface area contributed by atoms with Crippen molar-refractivity contribution in [3.8, 4) is 22.5 Å². The van der Waals surface area contributed by atoms with Gasteiger partial charge in [-0.2, -0.15) is 0 Å². The third-order valence-electron chi connectivity index (χ3n) is 3.36. The summed E-state index contributed by atoms with van der Waals surface area (Å²) in [5.41, 5.74) is 1.73. The number of benzene rings is 2. The second-order valence-corrected chi connectivity index (χ2v) is 5.79. The van der Waals surface area contributed by atoms with Gasteiger partial charge in [-0.05, 0) is 42.7 Å². The number of rotatable bonds is 3. The minimum atomic E-state index is -0.680. The Morgan fingerprint density at radius 2 is 1.57 bits per heavy atom. The highest BCUT2D eigenvalue weighted by molar-refractivity contribution is 7.98. The van der Waals surface area contributed by atoms with Crippen molar-refractivity contribution in [2.45, 2.75) is 4.90 Å². The molecule has 3 aromatic rings. The van der Waals surface area contributed by atoms with Gasteiger partial charge in [0, 0.05) is 22.1 Å². The van der Waals surface area contributed by atoms with Crippen LogP contribution in [0.1, 0.15) is 0 Å². The average Bonchev–Trinajstić information content (AvgIpc) is 2.54. The van der Waals surface area contributed by atoms with Crippen molar-refractivity contribution in [1.29, 1.82) is 0 Å². The van der Waals surface area contributed by atoms with Crippen molar-refractivity contribution in [3.63, 3.8) is 0 Å². The summed E-state index contributed by atoms with van der Waals surface area (Å²) in [6, 6.07) is 13.0. The Morgan fingerprint density at radius 3 is 2.26 bits per heavy atom. The fourth-order valence-electron chi connectivity index (χ4n) is 2.25. The van der Waals surface area contributed by atoms with Crippen LogP contribution in [0.3, 0.4) is 0 Å². The first-order valence-electron chi connectivity index (χ1n) is 6.84. The fourth-order valence-corrected chi connectivity index (χ4v) is 2.71. The summed E-state index contributed by atoms with van der Waals surface area (Å²) < 4.78 is 40.5. The van der Waals surface area contributed by atoms with Crippen LogP contribution in [0.2, 0.25) is 0 Å². The molecule has 116 valence electrons. The zero-order valence-corrected chi connectivity index (χ0v) is 13.0. The lowest BCUT2D eigenvalue weighted by atomic mass is 10.1. The predicted molar refractivity (Wildman–Crippen MR) is 86.8 cm³/mol. The van der Waals surface area contributed by atoms with Crippen molar-refractivity contribution in [1.82, 2.24) is 4.98 Å². The normalized spacial score (nSPS) is 10.8. The number of thioether (sulfide) groups is 1. The molecule has 23 heavy (non-hydrogen) atoms. The lowest BCUT2D eigenvalue weighted by Gasteiger charge is -2.09. The van der Waals surface area contributed by atoms with Crippen LogP contribution in [0.25, 0.3) is 22.5 Å². The maximum Gasteiger partial charge on any atom is 0.135 e. The number of hydrogen-bond donors (Lipinski definition) is 0. The lowest BCUT2D eigenvalue weighted by molar-refractivity contribution is 0.585. The second kappa shape index (κ2) is 6.46. The Hall–Kier alpha value is -2.27. The second-order valence-electron chi connectivity index (χ2n) is 4.91. The molecule has 0 radical (unpaired) electrons. The van der Waals surface area contributed by atoms with E-state index >= 15 is 0 Å². The molecule has 0 saturated carbocycles. The van der Waals surface area contributed by atoms with Crippen LogP contribution >= 0.6 is 11.8 Å². The molecule has 0 saturated heterocycles. The highest BCUT2D eigenvalue weighted by Crippen LogP contribution is 2.30. The molecule has 0 N–H and O–H groups in total. The summed E-state index contributed by atoms with van der Waals surface area (Å²) in [4.78, 5) is 5.27. The number of aromatic nitrogens is 1. The molecule has 0 aliphatic heterocycles. The Balaban J connectivity index is 2.16. The molecule has 5 heteroatoms. The molecule has 1 nitrogen and oxygen atoms in total. The van der Waals surface area contributed by atoms with E-state index in [4.69, 9.17) is 0 Å². The van der Waals surface area contributed by atoms with Crippen molar-refractivity contribution in [3.05, 3.63) is 72.0 Å². The number of hydrogen-bond acceptors (Lipinski definition) is 2. The summed E-state index contributed by atoms with van der Waals surface area (Å²) in [5.74, 6) is -1.69. The van der Waals surface area contributed by atoms with Gasteiger partial charge in [0.15, 0.2) is 0 Å². The fraction of sp³-hybridized carbons (Fsp3) is 0.0556. The molecule has 0 atom stereocenters. The first kappa shape index (κ1) is 15.6. The Bertz CT molecular complexity index is 865. The van der Waals surface area contributed by atoms with Gasteiger partial charge in [-0.25, -0.2) is 18.2 Å². The van der Waals surface area contributed by atoms with E-state index in [0.717, 1.165) is 11.0 Å². The van der Waals surface area contributed by atoms with Crippen LogP contribution < -0.4 is 0 Å². The van der Waals surface area contributed by atoms with Gasteiger partial charge in [-0.15, -0.1) is 11.8 Å². The minimum absolute atomic E-state index is 0.208. The Labute approximate surface area is 136 Å². The first-order chi connectivity index (χ1) is 11.1. The molecule has 3 rings (SSSR count). The highest BCUT2D eigenvalue weighted by atomic mass is 32.2. The molecule has 1 aromatic heterocycles. The molecule has 0 bridgehead atoms. The molecule has 0 amide bonds. The SMILES string of the molecule is CSc1cc(-c2cccc(F)c2)nc(-c2ccc(F)cc2F)c1. The average molecular weight is 331 g/mol. The van der Waals surface area contributed by atoms with Gasteiger partial charge in [0.05, 0.1) is 11.4 Å². The van der Waals surface area contributed by atoms with Crippen LogP contribution in [-0.4, -0.2) is 11.2 Å². The van der Waals surface area contributed by atoms with Gasteiger partial charge in [0.2, 0.25) is 0 Å². The van der Waals surface area contributed by atoms with Crippen LogP contribution in [-0.2, 0) is 0 Å². The maximum absolute atomic E-state index is 14.0. The van der Waals surface area contributed by atoms with Gasteiger partial charge < -0.3 is 0 Å². The van der Waals surface area contributed by atoms with Crippen molar-refractivity contribution >= 4 is 11.8 Å². The zero-order valence-electron chi connectivity index (χ0n) is 12.2. The van der Waals surface area contributed by atoms with Gasteiger partial charge in [0.1, 0.15) is 17.5 Å². The number of nitrogens with zero attached hydrogens (tertiary/aromatic N) is 1. The van der Waals surface area contributed by atoms with E-state index in [2.05, 4.69) is 4.98 Å². The third-order valence-corrected chi connectivity index (χ3v) is 4.07. The maximum atomic E-state index is 14.0. The summed E-state index contributed by atoms with van der Waals surface area (Å²) in [6.07, 6.45) is 1.88. The lowest BCUT2D eigenvalue weighted by Crippen LogP contribution is -1.93. The van der Waals surface area contributed by atoms with E-state index in [1.807, 2.05) is 12.3 Å². The van der Waals surface area contributed by atoms with Gasteiger partial charge in [-0.3, -0.25) is 0 Å². The van der Waals surface area contributed by atoms with E-state index in [1.165, 1.54) is 36.0 Å². The van der Waals surface area contributed by atoms with Crippen LogP contribution in [0, 0.1) is 17.5 Å². The highest BCUT2D eigenvalue weighted by Gasteiger charge is 2.11. The van der Waals surface area contributed by atoms with Crippen molar-refractivity contribution in [2.24, 2.45) is 0 Å². The molecule has 1 heterocycles. The molecule has 0 aliphatic rings. The largest absolute Gasteiger partial charge is 0.248 e. The van der Waals surface area contributed by atoms with Gasteiger partial charge >= 0.3 is 0 Å². The first-order valence-corrected chi connectivity index (χ1v) is 8.07. The summed E-state index contributed by atoms with van der Waals surface area (Å²) >= 11 is 1.47. The molecule has 0 spiro atoms. The predicted octanol–water partition coefficient (Wildman–Crippen LogP) is 5.55. The quantitative estimate of drug-likeness (QED) is 0.583. The minimum Gasteiger partial charge on any atom is -0.248 e. The van der Waals surface area contributed by atoms with Gasteiger partial charge in [-0.1, -0.05) is 12.1 Å².